The van der Waals surface area contributed by atoms with Gasteiger partial charge in [-0.05, 0) is 24.1 Å². The maximum Gasteiger partial charge on any atom is 0.208 e. The second-order valence-corrected chi connectivity index (χ2v) is 6.32. The largest absolute Gasteiger partial charge is 0.759 e. The molecule has 0 spiro atoms. The Morgan fingerprint density at radius 2 is 1.55 bits per heavy atom. The molecular weight excluding hydrogens is 310 g/mol. The Hall–Kier alpha value is -1.24. The summed E-state index contributed by atoms with van der Waals surface area (Å²) in [5, 5.41) is 0. The summed E-state index contributed by atoms with van der Waals surface area (Å²) in [5.41, 5.74) is 4.41. The zero-order valence-corrected chi connectivity index (χ0v) is 12.2. The van der Waals surface area contributed by atoms with E-state index in [1.807, 2.05) is 24.3 Å². The highest BCUT2D eigenvalue weighted by Gasteiger charge is 1.99. The number of anilines is 1. The Bertz CT molecular complexity index is 589. The fourth-order valence-electron chi connectivity index (χ4n) is 1.15. The minimum atomic E-state index is -5.17. The molecule has 0 aromatic heterocycles. The molecule has 0 heterocycles. The number of benzene rings is 1. The number of rotatable bonds is 5. The van der Waals surface area contributed by atoms with E-state index in [1.165, 1.54) is 0 Å². The van der Waals surface area contributed by atoms with E-state index in [2.05, 4.69) is 10.1 Å². The van der Waals surface area contributed by atoms with Gasteiger partial charge >= 0.3 is 0 Å². The molecule has 1 aromatic carbocycles. The predicted molar refractivity (Wildman–Crippen MR) is 71.3 cm³/mol. The number of hydrogen-bond donors (Lipinski definition) is 3. The van der Waals surface area contributed by atoms with Crippen LogP contribution in [0.15, 0.2) is 24.3 Å². The number of hydrogen-bond acceptors (Lipinski definition) is 8. The van der Waals surface area contributed by atoms with E-state index in [9.17, 15) is 8.42 Å². The van der Waals surface area contributed by atoms with Crippen LogP contribution in [-0.2, 0) is 26.8 Å². The van der Waals surface area contributed by atoms with Gasteiger partial charge in [0.05, 0.1) is 6.26 Å². The van der Waals surface area contributed by atoms with Gasteiger partial charge in [0.25, 0.3) is 0 Å². The lowest BCUT2D eigenvalue weighted by Crippen LogP contribution is -2.24. The average molecular weight is 325 g/mol. The van der Waals surface area contributed by atoms with E-state index in [1.54, 1.807) is 0 Å². The van der Waals surface area contributed by atoms with Crippen molar-refractivity contribution in [2.45, 2.75) is 6.42 Å². The van der Waals surface area contributed by atoms with Crippen LogP contribution in [0.25, 0.3) is 0 Å². The van der Waals surface area contributed by atoms with E-state index < -0.39 is 20.4 Å². The highest BCUT2D eigenvalue weighted by Crippen LogP contribution is 2.07. The Morgan fingerprint density at radius 1 is 1.10 bits per heavy atom. The van der Waals surface area contributed by atoms with E-state index >= 15 is 0 Å². The fourth-order valence-corrected chi connectivity index (χ4v) is 1.62. The quantitative estimate of drug-likeness (QED) is 0.261. The Morgan fingerprint density at radius 3 is 1.90 bits per heavy atom. The van der Waals surface area contributed by atoms with Crippen molar-refractivity contribution in [1.29, 1.82) is 0 Å². The number of nitrogens with two attached hydrogens (primary N) is 1. The zero-order chi connectivity index (χ0) is 15.8. The number of nitrogen functional groups attached to an aromatic ring is 1. The Labute approximate surface area is 117 Å². The summed E-state index contributed by atoms with van der Waals surface area (Å²) < 4.78 is 58.1. The van der Waals surface area contributed by atoms with Gasteiger partial charge in [0.15, 0.2) is 0 Å². The van der Waals surface area contributed by atoms with Crippen molar-refractivity contribution in [2.24, 2.45) is 5.84 Å². The third-order valence-corrected chi connectivity index (χ3v) is 2.63. The molecule has 0 atom stereocenters. The molecule has 0 fully saturated rings. The van der Waals surface area contributed by atoms with Crippen LogP contribution in [0.2, 0.25) is 0 Å². The van der Waals surface area contributed by atoms with Crippen molar-refractivity contribution in [3.8, 4) is 0 Å². The highest BCUT2D eigenvalue weighted by atomic mass is 32.3. The summed E-state index contributed by atoms with van der Waals surface area (Å²) in [4.78, 5) is 0. The molecule has 0 unspecified atom stereocenters. The molecule has 0 aliphatic carbocycles. The van der Waals surface area contributed by atoms with Crippen molar-refractivity contribution >= 4 is 26.1 Å². The van der Waals surface area contributed by atoms with Gasteiger partial charge < -0.3 is 14.5 Å². The standard InChI is InChI=1S/C9H15N3O2S.H2O4S/c1-15(13,14)11-7-6-8-2-4-9(12-10)5-3-8;1-5(2,3)4/h2-5,11-12H,6-7,10H2,1H3;(H2,1,2,3,4)/p-2. The topological polar surface area (TPSA) is 164 Å². The summed E-state index contributed by atoms with van der Waals surface area (Å²) in [5.74, 6) is 5.22. The van der Waals surface area contributed by atoms with Crippen molar-refractivity contribution in [1.82, 2.24) is 4.72 Å². The third-order valence-electron chi connectivity index (χ3n) is 1.90. The first-order valence-electron chi connectivity index (χ1n) is 5.18. The highest BCUT2D eigenvalue weighted by molar-refractivity contribution is 7.88. The van der Waals surface area contributed by atoms with E-state index in [4.69, 9.17) is 23.4 Å². The first kappa shape index (κ1) is 18.8. The molecule has 0 aliphatic rings. The summed E-state index contributed by atoms with van der Waals surface area (Å²) in [6.45, 7) is 0.411. The van der Waals surface area contributed by atoms with Crippen LogP contribution in [0.1, 0.15) is 5.56 Å². The summed E-state index contributed by atoms with van der Waals surface area (Å²) >= 11 is 0. The maximum atomic E-state index is 10.8. The number of nitrogens with one attached hydrogen (secondary N) is 2. The molecule has 0 bridgehead atoms. The van der Waals surface area contributed by atoms with Gasteiger partial charge in [0.2, 0.25) is 10.0 Å². The van der Waals surface area contributed by atoms with Crippen molar-refractivity contribution < 1.29 is 25.9 Å². The molecule has 9 nitrogen and oxygen atoms in total. The molecule has 0 radical (unpaired) electrons. The van der Waals surface area contributed by atoms with Gasteiger partial charge in [0.1, 0.15) is 0 Å². The van der Waals surface area contributed by atoms with Gasteiger partial charge in [0, 0.05) is 22.6 Å². The Balaban J connectivity index is 0.000000621. The van der Waals surface area contributed by atoms with E-state index in [0.717, 1.165) is 17.5 Å². The summed E-state index contributed by atoms with van der Waals surface area (Å²) in [6, 6.07) is 7.49. The monoisotopic (exact) mass is 325 g/mol. The first-order valence-corrected chi connectivity index (χ1v) is 8.40. The molecule has 1 rings (SSSR count). The van der Waals surface area contributed by atoms with E-state index in [0.29, 0.717) is 13.0 Å². The van der Waals surface area contributed by atoms with Crippen LogP contribution in [0.3, 0.4) is 0 Å². The molecule has 0 saturated heterocycles. The minimum absolute atomic E-state index is 0.411. The van der Waals surface area contributed by atoms with E-state index in [-0.39, 0.29) is 0 Å². The molecule has 11 heteroatoms. The van der Waals surface area contributed by atoms with Gasteiger partial charge in [-0.2, -0.15) is 0 Å². The lowest BCUT2D eigenvalue weighted by molar-refractivity contribution is 0.352. The predicted octanol–water partition coefficient (Wildman–Crippen LogP) is -1.27. The van der Waals surface area contributed by atoms with Crippen LogP contribution in [0.4, 0.5) is 5.69 Å². The summed E-state index contributed by atoms with van der Waals surface area (Å²) in [6.07, 6.45) is 1.81. The molecule has 0 aliphatic heterocycles. The molecule has 0 amide bonds. The lowest BCUT2D eigenvalue weighted by Gasteiger charge is -2.06. The number of hydrazine groups is 1. The molecule has 4 N–H and O–H groups in total. The Kier molecular flexibility index (Phi) is 7.63. The molecular formula is C9H15N3O6S2-2. The van der Waals surface area contributed by atoms with Gasteiger partial charge in [-0.15, -0.1) is 0 Å². The second-order valence-electron chi connectivity index (χ2n) is 3.67. The maximum absolute atomic E-state index is 10.8. The van der Waals surface area contributed by atoms with Crippen molar-refractivity contribution in [3.63, 3.8) is 0 Å². The molecule has 20 heavy (non-hydrogen) atoms. The van der Waals surface area contributed by atoms with Gasteiger partial charge in [-0.1, -0.05) is 12.1 Å². The smallest absolute Gasteiger partial charge is 0.208 e. The number of sulfonamides is 1. The van der Waals surface area contributed by atoms with Crippen molar-refractivity contribution in [3.05, 3.63) is 29.8 Å². The average Bonchev–Trinajstić information content (AvgIpc) is 2.26. The van der Waals surface area contributed by atoms with Crippen LogP contribution in [-0.4, -0.2) is 38.7 Å². The van der Waals surface area contributed by atoms with Gasteiger partial charge in [-0.3, -0.25) is 14.3 Å². The molecule has 0 saturated carbocycles. The fraction of sp³-hybridized carbons (Fsp3) is 0.333. The normalized spacial score (nSPS) is 11.4. The lowest BCUT2D eigenvalue weighted by atomic mass is 10.1. The molecule has 1 aromatic rings. The first-order chi connectivity index (χ1) is 9.01. The SMILES string of the molecule is CS(=O)(=O)NCCc1ccc(NN)cc1.O=S(=O)([O-])[O-]. The molecule has 116 valence electrons. The second kappa shape index (κ2) is 8.14. The minimum Gasteiger partial charge on any atom is -0.759 e. The summed E-state index contributed by atoms with van der Waals surface area (Å²) in [7, 11) is -8.26. The van der Waals surface area contributed by atoms with Crippen LogP contribution in [0.5, 0.6) is 0 Å². The third kappa shape index (κ3) is 13.2. The van der Waals surface area contributed by atoms with Crippen LogP contribution < -0.4 is 16.0 Å². The van der Waals surface area contributed by atoms with Crippen LogP contribution >= 0.6 is 0 Å². The van der Waals surface area contributed by atoms with Crippen LogP contribution in [0, 0.1) is 0 Å². The zero-order valence-electron chi connectivity index (χ0n) is 10.6. The van der Waals surface area contributed by atoms with Crippen molar-refractivity contribution in [2.75, 3.05) is 18.2 Å². The van der Waals surface area contributed by atoms with Gasteiger partial charge in [-0.25, -0.2) is 13.1 Å².